The molecule has 2 atom stereocenters. The van der Waals surface area contributed by atoms with Crippen LogP contribution in [-0.2, 0) is 14.4 Å². The Balaban J connectivity index is 1.63. The molecular weight excluding hydrogens is 372 g/mol. The Bertz CT molecular complexity index is 969. The molecule has 2 aromatic carbocycles. The third kappa shape index (κ3) is 2.76. The fourth-order valence-electron chi connectivity index (χ4n) is 3.10. The maximum Gasteiger partial charge on any atom is 0.278 e. The molecule has 4 rings (SSSR count). The first-order valence-corrected chi connectivity index (χ1v) is 8.45. The highest BCUT2D eigenvalue weighted by atomic mass is 35.5. The van der Waals surface area contributed by atoms with Crippen molar-refractivity contribution >= 4 is 40.6 Å². The standard InChI is InChI=1S/C19H13ClN2O5/c1-26-13-8-2-10(3-9-13)16(23)15-14-17(27-21-15)19(25)22(18(14)24)12-6-4-11(20)5-7-12/h2-9,14,17H,1H3/t14-,17+/m1/s1. The van der Waals surface area contributed by atoms with Gasteiger partial charge >= 0.3 is 0 Å². The number of Topliss-reactive ketones (excluding diaryl/α,β-unsaturated/α-hetero) is 1. The summed E-state index contributed by atoms with van der Waals surface area (Å²) in [6, 6.07) is 12.6. The van der Waals surface area contributed by atoms with Gasteiger partial charge < -0.3 is 9.57 Å². The molecule has 0 N–H and O–H groups in total. The van der Waals surface area contributed by atoms with Gasteiger partial charge in [0, 0.05) is 10.6 Å². The molecule has 1 saturated heterocycles. The summed E-state index contributed by atoms with van der Waals surface area (Å²) >= 11 is 5.86. The average molecular weight is 385 g/mol. The minimum atomic E-state index is -1.13. The summed E-state index contributed by atoms with van der Waals surface area (Å²) in [5, 5.41) is 4.21. The molecule has 0 saturated carbocycles. The molecule has 7 nitrogen and oxygen atoms in total. The number of nitrogens with zero attached hydrogens (tertiary/aromatic N) is 2. The zero-order valence-corrected chi connectivity index (χ0v) is 14.8. The van der Waals surface area contributed by atoms with Crippen molar-refractivity contribution in [1.82, 2.24) is 0 Å². The lowest BCUT2D eigenvalue weighted by Gasteiger charge is -2.15. The van der Waals surface area contributed by atoms with Crippen LogP contribution in [0.5, 0.6) is 5.75 Å². The van der Waals surface area contributed by atoms with Crippen LogP contribution in [0.1, 0.15) is 10.4 Å². The Morgan fingerprint density at radius 3 is 2.37 bits per heavy atom. The molecular formula is C19H13ClN2O5. The van der Waals surface area contributed by atoms with Gasteiger partial charge in [0.1, 0.15) is 17.4 Å². The second kappa shape index (κ2) is 6.51. The Morgan fingerprint density at radius 1 is 1.07 bits per heavy atom. The third-order valence-corrected chi connectivity index (χ3v) is 4.73. The van der Waals surface area contributed by atoms with Crippen molar-refractivity contribution in [1.29, 1.82) is 0 Å². The molecule has 27 heavy (non-hydrogen) atoms. The highest BCUT2D eigenvalue weighted by Crippen LogP contribution is 2.34. The second-order valence-corrected chi connectivity index (χ2v) is 6.46. The highest BCUT2D eigenvalue weighted by molar-refractivity contribution is 6.52. The van der Waals surface area contributed by atoms with E-state index in [9.17, 15) is 14.4 Å². The maximum atomic E-state index is 12.9. The van der Waals surface area contributed by atoms with Crippen molar-refractivity contribution < 1.29 is 24.0 Å². The number of ketones is 1. The topological polar surface area (TPSA) is 85.3 Å². The molecule has 2 heterocycles. The van der Waals surface area contributed by atoms with E-state index in [4.69, 9.17) is 21.2 Å². The summed E-state index contributed by atoms with van der Waals surface area (Å²) in [4.78, 5) is 44.4. The predicted molar refractivity (Wildman–Crippen MR) is 97.1 cm³/mol. The van der Waals surface area contributed by atoms with Gasteiger partial charge in [-0.2, -0.15) is 0 Å². The zero-order valence-electron chi connectivity index (χ0n) is 14.1. The van der Waals surface area contributed by atoms with E-state index in [1.807, 2.05) is 0 Å². The van der Waals surface area contributed by atoms with E-state index in [1.54, 1.807) is 48.5 Å². The van der Waals surface area contributed by atoms with Crippen LogP contribution in [-0.4, -0.2) is 36.5 Å². The lowest BCUT2D eigenvalue weighted by atomic mass is 9.93. The number of carbonyl (C=O) groups is 3. The average Bonchev–Trinajstić information content (AvgIpc) is 3.23. The zero-order chi connectivity index (χ0) is 19.1. The number of oxime groups is 1. The second-order valence-electron chi connectivity index (χ2n) is 6.03. The number of halogens is 1. The molecule has 0 unspecified atom stereocenters. The SMILES string of the molecule is COc1ccc(C(=O)C2=NO[C@@H]3C(=O)N(c4ccc(Cl)cc4)C(=O)[C@H]23)cc1. The Hall–Kier alpha value is -3.19. The first-order chi connectivity index (χ1) is 13.0. The maximum absolute atomic E-state index is 12.9. The van der Waals surface area contributed by atoms with E-state index >= 15 is 0 Å². The van der Waals surface area contributed by atoms with Crippen LogP contribution in [0.25, 0.3) is 0 Å². The number of anilines is 1. The summed E-state index contributed by atoms with van der Waals surface area (Å²) in [6.45, 7) is 0. The molecule has 2 aliphatic rings. The molecule has 0 aromatic heterocycles. The van der Waals surface area contributed by atoms with Gasteiger partial charge in [0.15, 0.2) is 0 Å². The van der Waals surface area contributed by atoms with E-state index in [2.05, 4.69) is 5.16 Å². The van der Waals surface area contributed by atoms with Crippen molar-refractivity contribution in [3.8, 4) is 5.75 Å². The normalized spacial score (nSPS) is 21.0. The quantitative estimate of drug-likeness (QED) is 0.597. The van der Waals surface area contributed by atoms with E-state index < -0.39 is 29.6 Å². The summed E-state index contributed by atoms with van der Waals surface area (Å²) < 4.78 is 5.07. The fourth-order valence-corrected chi connectivity index (χ4v) is 3.23. The molecule has 136 valence electrons. The van der Waals surface area contributed by atoms with Gasteiger partial charge in [-0.3, -0.25) is 14.4 Å². The van der Waals surface area contributed by atoms with Crippen LogP contribution in [0, 0.1) is 5.92 Å². The molecule has 0 radical (unpaired) electrons. The number of imide groups is 1. The van der Waals surface area contributed by atoms with Crippen LogP contribution in [0.15, 0.2) is 53.7 Å². The van der Waals surface area contributed by atoms with Gasteiger partial charge in [0.2, 0.25) is 17.8 Å². The molecule has 1 fully saturated rings. The molecule has 2 aromatic rings. The molecule has 2 aliphatic heterocycles. The van der Waals surface area contributed by atoms with Gasteiger partial charge in [0.05, 0.1) is 12.8 Å². The minimum Gasteiger partial charge on any atom is -0.497 e. The van der Waals surface area contributed by atoms with Crippen LogP contribution >= 0.6 is 11.6 Å². The van der Waals surface area contributed by atoms with Crippen LogP contribution in [0.3, 0.4) is 0 Å². The highest BCUT2D eigenvalue weighted by Gasteiger charge is 2.57. The van der Waals surface area contributed by atoms with Crippen molar-refractivity contribution in [3.05, 3.63) is 59.1 Å². The van der Waals surface area contributed by atoms with E-state index in [0.717, 1.165) is 4.90 Å². The van der Waals surface area contributed by atoms with Crippen molar-refractivity contribution in [3.63, 3.8) is 0 Å². The summed E-state index contributed by atoms with van der Waals surface area (Å²) in [7, 11) is 1.52. The number of ether oxygens (including phenoxy) is 1. The number of carbonyl (C=O) groups excluding carboxylic acids is 3. The molecule has 8 heteroatoms. The molecule has 0 aliphatic carbocycles. The lowest BCUT2D eigenvalue weighted by Crippen LogP contribution is -2.34. The lowest BCUT2D eigenvalue weighted by molar-refractivity contribution is -0.126. The smallest absolute Gasteiger partial charge is 0.278 e. The Kier molecular flexibility index (Phi) is 4.16. The van der Waals surface area contributed by atoms with E-state index in [1.165, 1.54) is 7.11 Å². The van der Waals surface area contributed by atoms with Crippen molar-refractivity contribution in [2.45, 2.75) is 6.10 Å². The number of benzene rings is 2. The summed E-state index contributed by atoms with van der Waals surface area (Å²) in [5.74, 6) is -2.05. The first-order valence-electron chi connectivity index (χ1n) is 8.07. The van der Waals surface area contributed by atoms with E-state index in [0.29, 0.717) is 22.0 Å². The van der Waals surface area contributed by atoms with Crippen LogP contribution < -0.4 is 9.64 Å². The van der Waals surface area contributed by atoms with Gasteiger partial charge in [0.25, 0.3) is 5.91 Å². The molecule has 2 amide bonds. The number of hydrogen-bond acceptors (Lipinski definition) is 6. The Morgan fingerprint density at radius 2 is 1.74 bits per heavy atom. The molecule has 0 bridgehead atoms. The Labute approximate surface area is 159 Å². The fraction of sp³-hybridized carbons (Fsp3) is 0.158. The number of amides is 2. The third-order valence-electron chi connectivity index (χ3n) is 4.48. The van der Waals surface area contributed by atoms with Gasteiger partial charge in [-0.1, -0.05) is 16.8 Å². The number of fused-ring (bicyclic) bond motifs is 1. The first kappa shape index (κ1) is 17.2. The molecule has 0 spiro atoms. The van der Waals surface area contributed by atoms with Crippen molar-refractivity contribution in [2.24, 2.45) is 11.1 Å². The number of methoxy groups -OCH3 is 1. The number of hydrogen-bond donors (Lipinski definition) is 0. The largest absolute Gasteiger partial charge is 0.497 e. The monoisotopic (exact) mass is 384 g/mol. The van der Waals surface area contributed by atoms with Gasteiger partial charge in [-0.25, -0.2) is 4.90 Å². The van der Waals surface area contributed by atoms with E-state index in [-0.39, 0.29) is 5.71 Å². The van der Waals surface area contributed by atoms with Gasteiger partial charge in [-0.15, -0.1) is 0 Å². The summed E-state index contributed by atoms with van der Waals surface area (Å²) in [5.41, 5.74) is 0.604. The minimum absolute atomic E-state index is 0.0834. The van der Waals surface area contributed by atoms with Crippen molar-refractivity contribution in [2.75, 3.05) is 12.0 Å². The predicted octanol–water partition coefficient (Wildman–Crippen LogP) is 2.48. The summed E-state index contributed by atoms with van der Waals surface area (Å²) in [6.07, 6.45) is -1.13. The number of rotatable bonds is 4. The van der Waals surface area contributed by atoms with Crippen LogP contribution in [0.2, 0.25) is 5.02 Å². The van der Waals surface area contributed by atoms with Crippen LogP contribution in [0.4, 0.5) is 5.69 Å². The van der Waals surface area contributed by atoms with Gasteiger partial charge in [-0.05, 0) is 48.5 Å².